The van der Waals surface area contributed by atoms with Crippen molar-refractivity contribution in [3.8, 4) is 10.6 Å². The van der Waals surface area contributed by atoms with Gasteiger partial charge in [-0.2, -0.15) is 8.78 Å². The maximum atomic E-state index is 13.3. The Labute approximate surface area is 97.5 Å². The molecule has 0 atom stereocenters. The van der Waals surface area contributed by atoms with Crippen molar-refractivity contribution in [2.24, 2.45) is 0 Å². The number of alkyl halides is 2. The molecule has 0 unspecified atom stereocenters. The highest BCUT2D eigenvalue weighted by atomic mass is 32.2. The summed E-state index contributed by atoms with van der Waals surface area (Å²) in [6.07, 6.45) is 0. The number of aromatic nitrogens is 2. The van der Waals surface area contributed by atoms with Crippen LogP contribution in [0.1, 0.15) is 0 Å². The number of benzene rings is 1. The summed E-state index contributed by atoms with van der Waals surface area (Å²) >= 11 is 1.26. The molecule has 0 saturated heterocycles. The summed E-state index contributed by atoms with van der Waals surface area (Å²) < 4.78 is 37.5. The summed E-state index contributed by atoms with van der Waals surface area (Å²) in [5.74, 6) is -2.98. The molecule has 0 amide bonds. The largest absolute Gasteiger partial charge is 0.291 e. The van der Waals surface area contributed by atoms with Gasteiger partial charge in [-0.05, 0) is 23.9 Å². The van der Waals surface area contributed by atoms with E-state index < -0.39 is 11.6 Å². The Morgan fingerprint density at radius 2 is 1.94 bits per heavy atom. The minimum absolute atomic E-state index is 0.133. The standard InChI is InChI=1S/C9H5F3N2S2/c10-6-4-2-1-3-5(6)7-13-14-9(15-7)16-8(11)12/h1-4,8H. The number of halogens is 3. The van der Waals surface area contributed by atoms with Gasteiger partial charge >= 0.3 is 0 Å². The Balaban J connectivity index is 2.28. The van der Waals surface area contributed by atoms with Crippen LogP contribution in [0.2, 0.25) is 0 Å². The number of thioether (sulfide) groups is 1. The van der Waals surface area contributed by atoms with E-state index in [-0.39, 0.29) is 9.90 Å². The molecule has 7 heteroatoms. The topological polar surface area (TPSA) is 25.8 Å². The van der Waals surface area contributed by atoms with E-state index in [1.165, 1.54) is 12.1 Å². The molecule has 1 aromatic carbocycles. The lowest BCUT2D eigenvalue weighted by Gasteiger charge is -1.95. The highest BCUT2D eigenvalue weighted by Gasteiger charge is 2.14. The summed E-state index contributed by atoms with van der Waals surface area (Å²) in [5, 5.41) is 7.54. The second kappa shape index (κ2) is 4.84. The van der Waals surface area contributed by atoms with Crippen molar-refractivity contribution in [3.63, 3.8) is 0 Å². The molecular weight excluding hydrogens is 257 g/mol. The molecule has 0 bridgehead atoms. The molecule has 0 N–H and O–H groups in total. The molecule has 16 heavy (non-hydrogen) atoms. The molecule has 84 valence electrons. The molecule has 0 aliphatic rings. The van der Waals surface area contributed by atoms with Gasteiger partial charge in [-0.1, -0.05) is 23.5 Å². The van der Waals surface area contributed by atoms with Crippen LogP contribution in [-0.4, -0.2) is 16.0 Å². The van der Waals surface area contributed by atoms with Crippen LogP contribution in [-0.2, 0) is 0 Å². The van der Waals surface area contributed by atoms with E-state index in [0.29, 0.717) is 16.8 Å². The summed E-state index contributed by atoms with van der Waals surface area (Å²) in [4.78, 5) is 0. The van der Waals surface area contributed by atoms with Crippen molar-refractivity contribution in [2.45, 2.75) is 10.1 Å². The zero-order valence-corrected chi connectivity index (χ0v) is 9.36. The number of hydrogen-bond donors (Lipinski definition) is 0. The summed E-state index contributed by atoms with van der Waals surface area (Å²) in [6, 6.07) is 6.03. The Bertz CT molecular complexity index is 487. The van der Waals surface area contributed by atoms with Gasteiger partial charge in [0.05, 0.1) is 0 Å². The van der Waals surface area contributed by atoms with Crippen LogP contribution in [0, 0.1) is 5.82 Å². The predicted molar refractivity (Wildman–Crippen MR) is 57.2 cm³/mol. The normalized spacial score (nSPS) is 11.0. The first-order valence-corrected chi connectivity index (χ1v) is 5.89. The Morgan fingerprint density at radius 1 is 1.19 bits per heavy atom. The van der Waals surface area contributed by atoms with Crippen molar-refractivity contribution in [2.75, 3.05) is 0 Å². The van der Waals surface area contributed by atoms with Crippen molar-refractivity contribution < 1.29 is 13.2 Å². The molecule has 0 aliphatic heterocycles. The summed E-state index contributed by atoms with van der Waals surface area (Å²) in [6.45, 7) is 0. The van der Waals surface area contributed by atoms with Gasteiger partial charge in [0.25, 0.3) is 5.76 Å². The average molecular weight is 262 g/mol. The zero-order valence-electron chi connectivity index (χ0n) is 7.73. The van der Waals surface area contributed by atoms with E-state index >= 15 is 0 Å². The molecule has 0 spiro atoms. The highest BCUT2D eigenvalue weighted by molar-refractivity contribution is 8.01. The van der Waals surface area contributed by atoms with Crippen molar-refractivity contribution in [1.82, 2.24) is 10.2 Å². The van der Waals surface area contributed by atoms with E-state index in [1.54, 1.807) is 12.1 Å². The lowest BCUT2D eigenvalue weighted by molar-refractivity contribution is 0.252. The Hall–Kier alpha value is -1.08. The van der Waals surface area contributed by atoms with E-state index in [2.05, 4.69) is 10.2 Å². The maximum absolute atomic E-state index is 13.3. The first-order valence-electron chi connectivity index (χ1n) is 4.20. The minimum Gasteiger partial charge on any atom is -0.206 e. The molecule has 2 rings (SSSR count). The molecular formula is C9H5F3N2S2. The van der Waals surface area contributed by atoms with E-state index in [0.717, 1.165) is 11.3 Å². The van der Waals surface area contributed by atoms with Crippen molar-refractivity contribution in [1.29, 1.82) is 0 Å². The van der Waals surface area contributed by atoms with Crippen LogP contribution < -0.4 is 0 Å². The molecule has 2 aromatic rings. The van der Waals surface area contributed by atoms with Crippen LogP contribution >= 0.6 is 23.1 Å². The third-order valence-electron chi connectivity index (χ3n) is 1.70. The number of nitrogens with zero attached hydrogens (tertiary/aromatic N) is 2. The molecule has 0 fully saturated rings. The van der Waals surface area contributed by atoms with E-state index in [9.17, 15) is 13.2 Å². The first kappa shape index (κ1) is 11.4. The molecule has 0 radical (unpaired) electrons. The predicted octanol–water partition coefficient (Wildman–Crippen LogP) is 3.66. The second-order valence-corrected chi connectivity index (χ2v) is 4.95. The quantitative estimate of drug-likeness (QED) is 0.789. The van der Waals surface area contributed by atoms with Gasteiger partial charge in [-0.3, -0.25) is 0 Å². The van der Waals surface area contributed by atoms with E-state index in [4.69, 9.17) is 0 Å². The SMILES string of the molecule is Fc1ccccc1-c1nnc(SC(F)F)s1. The fourth-order valence-corrected chi connectivity index (χ4v) is 2.57. The van der Waals surface area contributed by atoms with Crippen LogP contribution in [0.25, 0.3) is 10.6 Å². The summed E-state index contributed by atoms with van der Waals surface area (Å²) in [5.41, 5.74) is 0.279. The van der Waals surface area contributed by atoms with Gasteiger partial charge in [0, 0.05) is 5.56 Å². The smallest absolute Gasteiger partial charge is 0.206 e. The first-order chi connectivity index (χ1) is 7.66. The maximum Gasteiger partial charge on any atom is 0.291 e. The highest BCUT2D eigenvalue weighted by Crippen LogP contribution is 2.33. The molecule has 1 heterocycles. The van der Waals surface area contributed by atoms with Gasteiger partial charge in [0.15, 0.2) is 9.35 Å². The van der Waals surface area contributed by atoms with Crippen molar-refractivity contribution >= 4 is 23.1 Å². The summed E-state index contributed by atoms with van der Waals surface area (Å²) in [7, 11) is 0. The Kier molecular flexibility index (Phi) is 3.45. The molecule has 1 aromatic heterocycles. The Morgan fingerprint density at radius 3 is 2.62 bits per heavy atom. The van der Waals surface area contributed by atoms with Gasteiger partial charge in [0.1, 0.15) is 5.82 Å². The third kappa shape index (κ3) is 2.53. The number of hydrogen-bond acceptors (Lipinski definition) is 4. The lowest BCUT2D eigenvalue weighted by atomic mass is 10.2. The average Bonchev–Trinajstić information content (AvgIpc) is 2.66. The molecule has 0 aliphatic carbocycles. The van der Waals surface area contributed by atoms with Crippen LogP contribution in [0.5, 0.6) is 0 Å². The van der Waals surface area contributed by atoms with Gasteiger partial charge in [-0.15, -0.1) is 10.2 Å². The van der Waals surface area contributed by atoms with Crippen LogP contribution in [0.3, 0.4) is 0 Å². The minimum atomic E-state index is -2.54. The van der Waals surface area contributed by atoms with Crippen LogP contribution in [0.4, 0.5) is 13.2 Å². The fraction of sp³-hybridized carbons (Fsp3) is 0.111. The molecule has 0 saturated carbocycles. The van der Waals surface area contributed by atoms with Gasteiger partial charge in [0.2, 0.25) is 0 Å². The van der Waals surface area contributed by atoms with Gasteiger partial charge in [-0.25, -0.2) is 4.39 Å². The lowest BCUT2D eigenvalue weighted by Crippen LogP contribution is -1.82. The monoisotopic (exact) mass is 262 g/mol. The molecule has 2 nitrogen and oxygen atoms in total. The third-order valence-corrected chi connectivity index (χ3v) is 3.45. The zero-order chi connectivity index (χ0) is 11.5. The van der Waals surface area contributed by atoms with Crippen molar-refractivity contribution in [3.05, 3.63) is 30.1 Å². The van der Waals surface area contributed by atoms with Gasteiger partial charge < -0.3 is 0 Å². The number of rotatable bonds is 3. The second-order valence-electron chi connectivity index (χ2n) is 2.73. The van der Waals surface area contributed by atoms with Crippen LogP contribution in [0.15, 0.2) is 28.6 Å². The fourth-order valence-electron chi connectivity index (χ4n) is 1.08. The van der Waals surface area contributed by atoms with E-state index in [1.807, 2.05) is 0 Å².